The Bertz CT molecular complexity index is 800. The molecule has 2 aromatic rings. The average Bonchev–Trinajstić information content (AvgIpc) is 2.85. The lowest BCUT2D eigenvalue weighted by molar-refractivity contribution is 0.286. The molecular weight excluding hydrogens is 307 g/mol. The first-order valence-corrected chi connectivity index (χ1v) is 8.73. The Kier molecular flexibility index (Phi) is 3.96. The van der Waals surface area contributed by atoms with Crippen molar-refractivity contribution >= 4 is 21.0 Å². The molecule has 3 rings (SSSR count). The molecule has 0 saturated carbocycles. The monoisotopic (exact) mass is 326 g/mol. The van der Waals surface area contributed by atoms with Crippen LogP contribution in [-0.2, 0) is 10.0 Å². The van der Waals surface area contributed by atoms with Gasteiger partial charge in [-0.15, -0.1) is 0 Å². The molecule has 0 amide bonds. The van der Waals surface area contributed by atoms with Crippen molar-refractivity contribution in [3.8, 4) is 0 Å². The highest BCUT2D eigenvalue weighted by molar-refractivity contribution is 7.89. The summed E-state index contributed by atoms with van der Waals surface area (Å²) in [7, 11) is -1.88. The predicted octanol–water partition coefficient (Wildman–Crippen LogP) is 2.25. The third-order valence-corrected chi connectivity index (χ3v) is 6.09. The third kappa shape index (κ3) is 2.53. The maximum atomic E-state index is 13.4. The second-order valence-electron chi connectivity index (χ2n) is 5.65. The minimum absolute atomic E-state index is 0.0788. The number of nitrogens with one attached hydrogen (secondary N) is 1. The van der Waals surface area contributed by atoms with E-state index in [-0.39, 0.29) is 11.1 Å². The van der Waals surface area contributed by atoms with Crippen molar-refractivity contribution in [3.05, 3.63) is 29.6 Å². The van der Waals surface area contributed by atoms with Gasteiger partial charge < -0.3 is 9.73 Å². The van der Waals surface area contributed by atoms with E-state index in [1.54, 1.807) is 6.92 Å². The molecule has 1 aliphatic heterocycles. The van der Waals surface area contributed by atoms with E-state index in [0.29, 0.717) is 29.6 Å². The third-order valence-electron chi connectivity index (χ3n) is 4.22. The number of aryl methyl sites for hydroxylation is 1. The van der Waals surface area contributed by atoms with Gasteiger partial charge in [0.15, 0.2) is 0 Å². The van der Waals surface area contributed by atoms with Gasteiger partial charge in [0.1, 0.15) is 11.4 Å². The molecule has 2 heterocycles. The van der Waals surface area contributed by atoms with Crippen LogP contribution in [0.2, 0.25) is 0 Å². The van der Waals surface area contributed by atoms with Crippen LogP contribution in [0.5, 0.6) is 0 Å². The van der Waals surface area contributed by atoms with Crippen LogP contribution in [-0.4, -0.2) is 38.9 Å². The van der Waals surface area contributed by atoms with E-state index in [1.807, 2.05) is 7.05 Å². The second kappa shape index (κ2) is 5.64. The summed E-state index contributed by atoms with van der Waals surface area (Å²) in [6, 6.07) is 4.17. The van der Waals surface area contributed by atoms with Crippen LogP contribution in [0.15, 0.2) is 27.7 Å². The molecule has 120 valence electrons. The normalized spacial score (nSPS) is 20.6. The van der Waals surface area contributed by atoms with Gasteiger partial charge in [0.05, 0.1) is 0 Å². The highest BCUT2D eigenvalue weighted by Crippen LogP contribution is 2.32. The number of hydrogen-bond acceptors (Lipinski definition) is 4. The molecule has 0 aliphatic carbocycles. The van der Waals surface area contributed by atoms with Crippen molar-refractivity contribution < 1.29 is 17.2 Å². The van der Waals surface area contributed by atoms with Gasteiger partial charge in [-0.05, 0) is 45.0 Å². The summed E-state index contributed by atoms with van der Waals surface area (Å²) in [5.74, 6) is -0.409. The zero-order valence-corrected chi connectivity index (χ0v) is 13.4. The molecule has 1 atom stereocenters. The molecule has 5 nitrogen and oxygen atoms in total. The van der Waals surface area contributed by atoms with Crippen LogP contribution in [0.1, 0.15) is 18.4 Å². The van der Waals surface area contributed by atoms with E-state index in [1.165, 1.54) is 22.5 Å². The minimum atomic E-state index is -3.71. The van der Waals surface area contributed by atoms with Gasteiger partial charge in [-0.1, -0.05) is 0 Å². The fraction of sp³-hybridized carbons (Fsp3) is 0.467. The number of benzene rings is 1. The Morgan fingerprint density at radius 1 is 1.41 bits per heavy atom. The van der Waals surface area contributed by atoms with Crippen LogP contribution in [0.25, 0.3) is 11.0 Å². The van der Waals surface area contributed by atoms with Gasteiger partial charge in [0, 0.05) is 30.1 Å². The summed E-state index contributed by atoms with van der Waals surface area (Å²) in [4.78, 5) is 0. The Morgan fingerprint density at radius 3 is 2.91 bits per heavy atom. The average molecular weight is 326 g/mol. The van der Waals surface area contributed by atoms with E-state index < -0.39 is 15.8 Å². The minimum Gasteiger partial charge on any atom is -0.443 e. The zero-order valence-electron chi connectivity index (χ0n) is 12.6. The molecule has 7 heteroatoms. The number of likely N-dealkylation sites (N-methyl/N-ethyl adjacent to an activating group) is 1. The second-order valence-corrected chi connectivity index (χ2v) is 7.48. The Labute approximate surface area is 129 Å². The summed E-state index contributed by atoms with van der Waals surface area (Å²) in [5.41, 5.74) is 0.848. The van der Waals surface area contributed by atoms with Crippen LogP contribution in [0.4, 0.5) is 4.39 Å². The van der Waals surface area contributed by atoms with Gasteiger partial charge >= 0.3 is 0 Å². The maximum absolute atomic E-state index is 13.4. The Hall–Kier alpha value is -1.44. The standard InChI is InChI=1S/C15H19FN2O3S/c1-10-13-8-11(16)5-6-14(13)21-15(10)22(19,20)18-7-3-4-12(9-18)17-2/h5-6,8,12,17H,3-4,7,9H2,1-2H3. The number of furan rings is 1. The fourth-order valence-electron chi connectivity index (χ4n) is 2.93. The molecule has 1 aromatic carbocycles. The van der Waals surface area contributed by atoms with E-state index in [2.05, 4.69) is 5.32 Å². The number of nitrogens with zero attached hydrogens (tertiary/aromatic N) is 1. The summed E-state index contributed by atoms with van der Waals surface area (Å²) in [6.45, 7) is 2.55. The quantitative estimate of drug-likeness (QED) is 0.940. The van der Waals surface area contributed by atoms with Crippen LogP contribution >= 0.6 is 0 Å². The molecule has 1 saturated heterocycles. The van der Waals surface area contributed by atoms with E-state index in [9.17, 15) is 12.8 Å². The van der Waals surface area contributed by atoms with E-state index in [0.717, 1.165) is 12.8 Å². The van der Waals surface area contributed by atoms with Crippen molar-refractivity contribution in [2.24, 2.45) is 0 Å². The van der Waals surface area contributed by atoms with E-state index >= 15 is 0 Å². The number of fused-ring (bicyclic) bond motifs is 1. The molecule has 0 bridgehead atoms. The number of rotatable bonds is 3. The first-order valence-electron chi connectivity index (χ1n) is 7.29. The summed E-state index contributed by atoms with van der Waals surface area (Å²) >= 11 is 0. The van der Waals surface area contributed by atoms with Crippen LogP contribution in [0.3, 0.4) is 0 Å². The molecule has 1 unspecified atom stereocenters. The first kappa shape index (κ1) is 15.5. The number of halogens is 1. The van der Waals surface area contributed by atoms with Gasteiger partial charge in [0.25, 0.3) is 10.0 Å². The van der Waals surface area contributed by atoms with Gasteiger partial charge in [-0.25, -0.2) is 12.8 Å². The SMILES string of the molecule is CNC1CCCN(S(=O)(=O)c2oc3ccc(F)cc3c2C)C1. The molecule has 1 aliphatic rings. The van der Waals surface area contributed by atoms with Crippen molar-refractivity contribution in [3.63, 3.8) is 0 Å². The smallest absolute Gasteiger partial charge is 0.276 e. The number of piperidine rings is 1. The van der Waals surface area contributed by atoms with E-state index in [4.69, 9.17) is 4.42 Å². The zero-order chi connectivity index (χ0) is 15.9. The van der Waals surface area contributed by atoms with Crippen molar-refractivity contribution in [1.82, 2.24) is 9.62 Å². The Morgan fingerprint density at radius 2 is 2.18 bits per heavy atom. The summed E-state index contributed by atoms with van der Waals surface area (Å²) < 4.78 is 46.0. The Balaban J connectivity index is 2.03. The van der Waals surface area contributed by atoms with Crippen molar-refractivity contribution in [2.75, 3.05) is 20.1 Å². The molecular formula is C15H19FN2O3S. The predicted molar refractivity (Wildman–Crippen MR) is 81.7 cm³/mol. The lowest BCUT2D eigenvalue weighted by Gasteiger charge is -2.31. The fourth-order valence-corrected chi connectivity index (χ4v) is 4.60. The van der Waals surface area contributed by atoms with Gasteiger partial charge in [-0.3, -0.25) is 0 Å². The van der Waals surface area contributed by atoms with Gasteiger partial charge in [-0.2, -0.15) is 4.31 Å². The largest absolute Gasteiger partial charge is 0.443 e. The first-order chi connectivity index (χ1) is 10.4. The highest BCUT2D eigenvalue weighted by Gasteiger charge is 2.34. The van der Waals surface area contributed by atoms with Gasteiger partial charge in [0.2, 0.25) is 5.09 Å². The summed E-state index contributed by atoms with van der Waals surface area (Å²) in [6.07, 6.45) is 1.76. The molecule has 1 N–H and O–H groups in total. The number of hydrogen-bond donors (Lipinski definition) is 1. The molecule has 0 radical (unpaired) electrons. The molecule has 1 aromatic heterocycles. The number of sulfonamides is 1. The lowest BCUT2D eigenvalue weighted by atomic mass is 10.1. The van der Waals surface area contributed by atoms with Crippen LogP contribution < -0.4 is 5.32 Å². The molecule has 22 heavy (non-hydrogen) atoms. The maximum Gasteiger partial charge on any atom is 0.276 e. The van der Waals surface area contributed by atoms with Crippen LogP contribution in [0, 0.1) is 12.7 Å². The summed E-state index contributed by atoms with van der Waals surface area (Å²) in [5, 5.41) is 3.54. The molecule has 1 fully saturated rings. The van der Waals surface area contributed by atoms with Crippen molar-refractivity contribution in [2.45, 2.75) is 30.9 Å². The lowest BCUT2D eigenvalue weighted by Crippen LogP contribution is -2.46. The van der Waals surface area contributed by atoms with Crippen molar-refractivity contribution in [1.29, 1.82) is 0 Å². The molecule has 0 spiro atoms. The highest BCUT2D eigenvalue weighted by atomic mass is 32.2. The topological polar surface area (TPSA) is 62.6 Å².